The number of alkyl halides is 3. The largest absolute Gasteiger partial charge is 0.417 e. The Morgan fingerprint density at radius 1 is 1.32 bits per heavy atom. The zero-order chi connectivity index (χ0) is 14.3. The van der Waals surface area contributed by atoms with E-state index >= 15 is 0 Å². The zero-order valence-electron chi connectivity index (χ0n) is 10.3. The third-order valence-electron chi connectivity index (χ3n) is 2.27. The number of nitrogens with one attached hydrogen (secondary N) is 3. The molecule has 1 rings (SSSR count). The van der Waals surface area contributed by atoms with E-state index in [9.17, 15) is 13.2 Å². The zero-order valence-corrected chi connectivity index (χ0v) is 11.2. The van der Waals surface area contributed by atoms with Gasteiger partial charge in [-0.3, -0.25) is 4.98 Å². The van der Waals surface area contributed by atoms with Crippen LogP contribution < -0.4 is 16.0 Å². The van der Waals surface area contributed by atoms with Crippen molar-refractivity contribution in [3.8, 4) is 0 Å². The molecule has 0 amide bonds. The van der Waals surface area contributed by atoms with Crippen LogP contribution in [0.2, 0.25) is 0 Å². The number of rotatable bonds is 5. The molecule has 0 unspecified atom stereocenters. The molecule has 0 aliphatic carbocycles. The number of aromatic nitrogens is 1. The summed E-state index contributed by atoms with van der Waals surface area (Å²) < 4.78 is 36.9. The minimum atomic E-state index is -4.34. The molecule has 1 aromatic rings. The van der Waals surface area contributed by atoms with Crippen LogP contribution in [0.4, 0.5) is 13.2 Å². The molecule has 0 saturated heterocycles. The van der Waals surface area contributed by atoms with Gasteiger partial charge in [-0.25, -0.2) is 0 Å². The van der Waals surface area contributed by atoms with E-state index in [0.717, 1.165) is 12.3 Å². The van der Waals surface area contributed by atoms with Gasteiger partial charge in [-0.2, -0.15) is 13.2 Å². The number of hydrogen-bond acceptors (Lipinski definition) is 3. The summed E-state index contributed by atoms with van der Waals surface area (Å²) in [5, 5.41) is 9.30. The van der Waals surface area contributed by atoms with Crippen molar-refractivity contribution < 1.29 is 13.2 Å². The van der Waals surface area contributed by atoms with Gasteiger partial charge in [0, 0.05) is 32.9 Å². The molecule has 8 heteroatoms. The number of nitrogens with zero attached hydrogens (tertiary/aromatic N) is 1. The molecule has 0 saturated carbocycles. The molecular weight excluding hydrogens is 277 g/mol. The van der Waals surface area contributed by atoms with Gasteiger partial charge in [-0.05, 0) is 24.4 Å². The van der Waals surface area contributed by atoms with E-state index in [0.29, 0.717) is 30.4 Å². The Labute approximate surface area is 114 Å². The fourth-order valence-electron chi connectivity index (χ4n) is 1.27. The van der Waals surface area contributed by atoms with Crippen LogP contribution in [0, 0.1) is 0 Å². The molecular formula is C11H15F3N4S. The van der Waals surface area contributed by atoms with E-state index in [2.05, 4.69) is 20.9 Å². The minimum absolute atomic E-state index is 0.409. The molecule has 106 valence electrons. The summed E-state index contributed by atoms with van der Waals surface area (Å²) >= 11 is 4.88. The highest BCUT2D eigenvalue weighted by Crippen LogP contribution is 2.28. The highest BCUT2D eigenvalue weighted by Gasteiger charge is 2.30. The van der Waals surface area contributed by atoms with Gasteiger partial charge in [0.05, 0.1) is 11.3 Å². The average molecular weight is 292 g/mol. The lowest BCUT2D eigenvalue weighted by atomic mass is 10.2. The molecule has 0 aliphatic heterocycles. The molecule has 0 spiro atoms. The van der Waals surface area contributed by atoms with Crippen LogP contribution in [-0.2, 0) is 12.7 Å². The fraction of sp³-hybridized carbons (Fsp3) is 0.455. The van der Waals surface area contributed by atoms with Gasteiger partial charge in [0.25, 0.3) is 0 Å². The van der Waals surface area contributed by atoms with Crippen molar-refractivity contribution in [1.82, 2.24) is 20.9 Å². The summed E-state index contributed by atoms with van der Waals surface area (Å²) in [6, 6.07) is 2.39. The van der Waals surface area contributed by atoms with E-state index < -0.39 is 11.7 Å². The van der Waals surface area contributed by atoms with Crippen LogP contribution in [0.5, 0.6) is 0 Å². The monoisotopic (exact) mass is 292 g/mol. The van der Waals surface area contributed by atoms with Gasteiger partial charge in [0.1, 0.15) is 0 Å². The van der Waals surface area contributed by atoms with E-state index in [1.54, 1.807) is 7.05 Å². The van der Waals surface area contributed by atoms with Crippen molar-refractivity contribution in [2.45, 2.75) is 12.7 Å². The molecule has 0 aromatic carbocycles. The lowest BCUT2D eigenvalue weighted by molar-refractivity contribution is -0.137. The van der Waals surface area contributed by atoms with E-state index in [1.807, 2.05) is 0 Å². The second-order valence-corrected chi connectivity index (χ2v) is 4.13. The highest BCUT2D eigenvalue weighted by atomic mass is 32.1. The van der Waals surface area contributed by atoms with Gasteiger partial charge in [-0.15, -0.1) is 0 Å². The molecule has 3 N–H and O–H groups in total. The Kier molecular flexibility index (Phi) is 5.97. The van der Waals surface area contributed by atoms with Crippen LogP contribution in [0.25, 0.3) is 0 Å². The minimum Gasteiger partial charge on any atom is -0.366 e. The van der Waals surface area contributed by atoms with Crippen molar-refractivity contribution in [1.29, 1.82) is 0 Å². The normalized spacial score (nSPS) is 11.2. The second-order valence-electron chi connectivity index (χ2n) is 3.72. The molecule has 0 radical (unpaired) electrons. The predicted molar refractivity (Wildman–Crippen MR) is 70.6 cm³/mol. The van der Waals surface area contributed by atoms with Crippen LogP contribution >= 0.6 is 12.2 Å². The number of pyridine rings is 1. The quantitative estimate of drug-likeness (QED) is 0.564. The second kappa shape index (κ2) is 7.25. The Hall–Kier alpha value is -1.41. The van der Waals surface area contributed by atoms with Gasteiger partial charge in [0.15, 0.2) is 5.11 Å². The first-order valence-electron chi connectivity index (χ1n) is 5.62. The summed E-state index contributed by atoms with van der Waals surface area (Å²) in [5.41, 5.74) is -0.179. The molecule has 0 bridgehead atoms. The standard InChI is InChI=1S/C11H15F3N4S/c1-15-10(19)17-5-4-16-7-9-3-2-8(6-18-9)11(12,13)14/h2-3,6,16H,4-5,7H2,1H3,(H2,15,17,19). The lowest BCUT2D eigenvalue weighted by Gasteiger charge is -2.09. The third kappa shape index (κ3) is 5.84. The van der Waals surface area contributed by atoms with Crippen LogP contribution in [0.3, 0.4) is 0 Å². The van der Waals surface area contributed by atoms with Crippen molar-refractivity contribution in [2.24, 2.45) is 0 Å². The first-order chi connectivity index (χ1) is 8.93. The first-order valence-corrected chi connectivity index (χ1v) is 6.02. The van der Waals surface area contributed by atoms with Crippen molar-refractivity contribution >= 4 is 17.3 Å². The summed E-state index contributed by atoms with van der Waals surface area (Å²) in [6.45, 7) is 1.66. The summed E-state index contributed by atoms with van der Waals surface area (Å²) in [7, 11) is 1.72. The Morgan fingerprint density at radius 2 is 2.05 bits per heavy atom. The molecule has 4 nitrogen and oxygen atoms in total. The van der Waals surface area contributed by atoms with Crippen LogP contribution in [0.15, 0.2) is 18.3 Å². The molecule has 0 fully saturated rings. The van der Waals surface area contributed by atoms with Crippen LogP contribution in [-0.4, -0.2) is 30.2 Å². The molecule has 0 aliphatic rings. The van der Waals surface area contributed by atoms with E-state index in [4.69, 9.17) is 12.2 Å². The van der Waals surface area contributed by atoms with E-state index in [-0.39, 0.29) is 0 Å². The molecule has 0 atom stereocenters. The predicted octanol–water partition coefficient (Wildman–Crippen LogP) is 1.28. The number of hydrogen-bond donors (Lipinski definition) is 3. The Morgan fingerprint density at radius 3 is 2.58 bits per heavy atom. The number of halogens is 3. The van der Waals surface area contributed by atoms with E-state index in [1.165, 1.54) is 6.07 Å². The maximum Gasteiger partial charge on any atom is 0.417 e. The van der Waals surface area contributed by atoms with Gasteiger partial charge in [0.2, 0.25) is 0 Å². The van der Waals surface area contributed by atoms with Crippen LogP contribution in [0.1, 0.15) is 11.3 Å². The summed E-state index contributed by atoms with van der Waals surface area (Å²) in [4.78, 5) is 3.75. The Bertz CT molecular complexity index is 405. The van der Waals surface area contributed by atoms with Crippen molar-refractivity contribution in [2.75, 3.05) is 20.1 Å². The van der Waals surface area contributed by atoms with Crippen molar-refractivity contribution in [3.05, 3.63) is 29.6 Å². The van der Waals surface area contributed by atoms with Gasteiger partial charge >= 0.3 is 6.18 Å². The average Bonchev–Trinajstić information content (AvgIpc) is 2.37. The fourth-order valence-corrected chi connectivity index (χ4v) is 1.37. The molecule has 19 heavy (non-hydrogen) atoms. The topological polar surface area (TPSA) is 49.0 Å². The number of thiocarbonyl (C=S) groups is 1. The maximum absolute atomic E-state index is 12.3. The van der Waals surface area contributed by atoms with Crippen molar-refractivity contribution in [3.63, 3.8) is 0 Å². The maximum atomic E-state index is 12.3. The third-order valence-corrected chi connectivity index (χ3v) is 2.62. The Balaban J connectivity index is 2.29. The SMILES string of the molecule is CNC(=S)NCCNCc1ccc(C(F)(F)F)cn1. The summed E-state index contributed by atoms with van der Waals surface area (Å²) in [6.07, 6.45) is -3.50. The lowest BCUT2D eigenvalue weighted by Crippen LogP contribution is -2.37. The van der Waals surface area contributed by atoms with Gasteiger partial charge in [-0.1, -0.05) is 0 Å². The van der Waals surface area contributed by atoms with Gasteiger partial charge < -0.3 is 16.0 Å². The first kappa shape index (κ1) is 15.6. The molecule has 1 heterocycles. The highest BCUT2D eigenvalue weighted by molar-refractivity contribution is 7.80. The summed E-state index contributed by atoms with van der Waals surface area (Å²) in [5.74, 6) is 0. The molecule has 1 aromatic heterocycles. The smallest absolute Gasteiger partial charge is 0.366 e.